The number of anilines is 1. The number of amides is 1. The van der Waals surface area contributed by atoms with Gasteiger partial charge in [0.1, 0.15) is 0 Å². The normalized spacial score (nSPS) is 15.0. The van der Waals surface area contributed by atoms with Crippen molar-refractivity contribution >= 4 is 11.6 Å². The number of nitrogen functional groups attached to an aromatic ring is 1. The molecule has 1 aromatic carbocycles. The van der Waals surface area contributed by atoms with Crippen LogP contribution >= 0.6 is 0 Å². The largest absolute Gasteiger partial charge is 0.398 e. The molecule has 92 valence electrons. The van der Waals surface area contributed by atoms with Crippen molar-refractivity contribution < 1.29 is 4.79 Å². The Morgan fingerprint density at radius 3 is 2.59 bits per heavy atom. The summed E-state index contributed by atoms with van der Waals surface area (Å²) in [5.41, 5.74) is 7.75. The topological polar surface area (TPSA) is 46.3 Å². The predicted octanol–water partition coefficient (Wildman–Crippen LogP) is 2.42. The minimum absolute atomic E-state index is 0.0561. The summed E-state index contributed by atoms with van der Waals surface area (Å²) in [5, 5.41) is 0. The van der Waals surface area contributed by atoms with E-state index in [4.69, 9.17) is 5.73 Å². The molecule has 1 aliphatic rings. The number of rotatable bonds is 4. The molecule has 17 heavy (non-hydrogen) atoms. The highest BCUT2D eigenvalue weighted by atomic mass is 16.2. The van der Waals surface area contributed by atoms with E-state index in [1.807, 2.05) is 43.0 Å². The van der Waals surface area contributed by atoms with Gasteiger partial charge in [0.15, 0.2) is 0 Å². The van der Waals surface area contributed by atoms with Crippen LogP contribution in [0.25, 0.3) is 0 Å². The Morgan fingerprint density at radius 1 is 1.41 bits per heavy atom. The van der Waals surface area contributed by atoms with E-state index in [2.05, 4.69) is 0 Å². The van der Waals surface area contributed by atoms with Crippen LogP contribution in [0.5, 0.6) is 0 Å². The molecule has 2 N–H and O–H groups in total. The molecular weight excluding hydrogens is 212 g/mol. The average Bonchev–Trinajstić information content (AvgIpc) is 3.11. The zero-order valence-electron chi connectivity index (χ0n) is 10.5. The lowest BCUT2D eigenvalue weighted by atomic mass is 10.1. The fourth-order valence-electron chi connectivity index (χ4n) is 1.97. The van der Waals surface area contributed by atoms with Crippen molar-refractivity contribution in [3.63, 3.8) is 0 Å². The van der Waals surface area contributed by atoms with E-state index in [0.29, 0.717) is 12.6 Å². The molecule has 1 aliphatic carbocycles. The summed E-state index contributed by atoms with van der Waals surface area (Å²) in [5.74, 6) is 0.288. The molecule has 0 heterocycles. The van der Waals surface area contributed by atoms with Crippen LogP contribution < -0.4 is 5.73 Å². The van der Waals surface area contributed by atoms with Crippen LogP contribution in [0.4, 0.5) is 5.69 Å². The number of nitrogens with zero attached hydrogens (tertiary/aromatic N) is 1. The molecular formula is C14H20N2O. The second kappa shape index (κ2) is 4.78. The molecule has 0 spiro atoms. The lowest BCUT2D eigenvalue weighted by molar-refractivity contribution is -0.135. The lowest BCUT2D eigenvalue weighted by Crippen LogP contribution is -2.35. The van der Waals surface area contributed by atoms with E-state index >= 15 is 0 Å². The summed E-state index contributed by atoms with van der Waals surface area (Å²) in [7, 11) is 0. The highest BCUT2D eigenvalue weighted by Crippen LogP contribution is 2.30. The Hall–Kier alpha value is -1.51. The number of hydrogen-bond donors (Lipinski definition) is 1. The maximum atomic E-state index is 12.1. The van der Waals surface area contributed by atoms with Gasteiger partial charge in [0.05, 0.1) is 0 Å². The summed E-state index contributed by atoms with van der Waals surface area (Å²) in [4.78, 5) is 14.1. The van der Waals surface area contributed by atoms with E-state index in [1.54, 1.807) is 0 Å². The van der Waals surface area contributed by atoms with Gasteiger partial charge in [-0.3, -0.25) is 4.79 Å². The fraction of sp³-hybridized carbons (Fsp3) is 0.500. The zero-order chi connectivity index (χ0) is 12.4. The van der Waals surface area contributed by atoms with Crippen molar-refractivity contribution in [1.82, 2.24) is 4.90 Å². The minimum Gasteiger partial charge on any atom is -0.398 e. The first-order valence-corrected chi connectivity index (χ1v) is 6.23. The molecule has 1 amide bonds. The average molecular weight is 232 g/mol. The number of benzene rings is 1. The fourth-order valence-corrected chi connectivity index (χ4v) is 1.97. The van der Waals surface area contributed by atoms with Crippen LogP contribution in [0.15, 0.2) is 24.3 Å². The smallest absolute Gasteiger partial charge is 0.225 e. The molecule has 1 aromatic rings. The number of para-hydroxylation sites is 1. The predicted molar refractivity (Wildman–Crippen MR) is 69.3 cm³/mol. The van der Waals surface area contributed by atoms with Gasteiger partial charge in [0.25, 0.3) is 0 Å². The van der Waals surface area contributed by atoms with Gasteiger partial charge in [-0.05, 0) is 24.5 Å². The quantitative estimate of drug-likeness (QED) is 0.810. The van der Waals surface area contributed by atoms with E-state index in [9.17, 15) is 4.79 Å². The first kappa shape index (κ1) is 12.0. The van der Waals surface area contributed by atoms with Gasteiger partial charge in [0, 0.05) is 24.2 Å². The van der Waals surface area contributed by atoms with E-state index in [-0.39, 0.29) is 11.8 Å². The minimum atomic E-state index is 0.0561. The van der Waals surface area contributed by atoms with Crippen LogP contribution in [-0.4, -0.2) is 16.8 Å². The van der Waals surface area contributed by atoms with Crippen molar-refractivity contribution in [2.24, 2.45) is 5.92 Å². The third kappa shape index (κ3) is 2.78. The van der Waals surface area contributed by atoms with Gasteiger partial charge in [-0.15, -0.1) is 0 Å². The number of carbonyl (C=O) groups excluding carboxylic acids is 1. The number of nitrogens with two attached hydrogens (primary N) is 1. The van der Waals surface area contributed by atoms with E-state index in [1.165, 1.54) is 0 Å². The van der Waals surface area contributed by atoms with Gasteiger partial charge < -0.3 is 10.6 Å². The summed E-state index contributed by atoms with van der Waals surface area (Å²) in [6.45, 7) is 4.55. The van der Waals surface area contributed by atoms with Crippen molar-refractivity contribution in [2.45, 2.75) is 39.3 Å². The van der Waals surface area contributed by atoms with Crippen LogP contribution in [0.1, 0.15) is 32.3 Å². The third-order valence-electron chi connectivity index (χ3n) is 3.16. The standard InChI is InChI=1S/C14H20N2O/c1-10(2)14(17)16(12-7-8-12)9-11-5-3-4-6-13(11)15/h3-6,10,12H,7-9,15H2,1-2H3. The molecule has 3 heteroatoms. The van der Waals surface area contributed by atoms with Crippen LogP contribution in [0, 0.1) is 5.92 Å². The van der Waals surface area contributed by atoms with Gasteiger partial charge >= 0.3 is 0 Å². The molecule has 0 bridgehead atoms. The first-order chi connectivity index (χ1) is 8.09. The highest BCUT2D eigenvalue weighted by Gasteiger charge is 2.33. The van der Waals surface area contributed by atoms with Crippen molar-refractivity contribution in [1.29, 1.82) is 0 Å². The Bertz CT molecular complexity index is 410. The van der Waals surface area contributed by atoms with E-state index in [0.717, 1.165) is 24.1 Å². The Labute approximate surface area is 103 Å². The van der Waals surface area contributed by atoms with Crippen molar-refractivity contribution in [3.05, 3.63) is 29.8 Å². The van der Waals surface area contributed by atoms with Crippen molar-refractivity contribution in [3.8, 4) is 0 Å². The maximum Gasteiger partial charge on any atom is 0.225 e. The van der Waals surface area contributed by atoms with Crippen LogP contribution in [0.3, 0.4) is 0 Å². The number of carbonyl (C=O) groups is 1. The monoisotopic (exact) mass is 232 g/mol. The van der Waals surface area contributed by atoms with Crippen LogP contribution in [-0.2, 0) is 11.3 Å². The molecule has 3 nitrogen and oxygen atoms in total. The second-order valence-electron chi connectivity index (χ2n) is 5.05. The maximum absolute atomic E-state index is 12.1. The third-order valence-corrected chi connectivity index (χ3v) is 3.16. The lowest BCUT2D eigenvalue weighted by Gasteiger charge is -2.25. The zero-order valence-corrected chi connectivity index (χ0v) is 10.5. The summed E-state index contributed by atoms with van der Waals surface area (Å²) in [6.07, 6.45) is 2.26. The van der Waals surface area contributed by atoms with Gasteiger partial charge in [-0.1, -0.05) is 32.0 Å². The van der Waals surface area contributed by atoms with E-state index < -0.39 is 0 Å². The molecule has 0 aromatic heterocycles. The van der Waals surface area contributed by atoms with Crippen molar-refractivity contribution in [2.75, 3.05) is 5.73 Å². The van der Waals surface area contributed by atoms with Crippen LogP contribution in [0.2, 0.25) is 0 Å². The van der Waals surface area contributed by atoms with Gasteiger partial charge in [-0.2, -0.15) is 0 Å². The molecule has 0 saturated heterocycles. The molecule has 0 radical (unpaired) electrons. The summed E-state index contributed by atoms with van der Waals surface area (Å²) < 4.78 is 0. The molecule has 2 rings (SSSR count). The second-order valence-corrected chi connectivity index (χ2v) is 5.05. The molecule has 0 atom stereocenters. The SMILES string of the molecule is CC(C)C(=O)N(Cc1ccccc1N)C1CC1. The van der Waals surface area contributed by atoms with Gasteiger partial charge in [-0.25, -0.2) is 0 Å². The first-order valence-electron chi connectivity index (χ1n) is 6.23. The Kier molecular flexibility index (Phi) is 3.36. The Balaban J connectivity index is 2.13. The Morgan fingerprint density at radius 2 is 2.06 bits per heavy atom. The summed E-state index contributed by atoms with van der Waals surface area (Å²) >= 11 is 0. The summed E-state index contributed by atoms with van der Waals surface area (Å²) in [6, 6.07) is 8.21. The number of hydrogen-bond acceptors (Lipinski definition) is 2. The van der Waals surface area contributed by atoms with Gasteiger partial charge in [0.2, 0.25) is 5.91 Å². The molecule has 1 saturated carbocycles. The molecule has 1 fully saturated rings. The highest BCUT2D eigenvalue weighted by molar-refractivity contribution is 5.79. The molecule has 0 aliphatic heterocycles. The molecule has 0 unspecified atom stereocenters.